The summed E-state index contributed by atoms with van der Waals surface area (Å²) in [6.07, 6.45) is 5.13. The predicted molar refractivity (Wildman–Crippen MR) is 78.2 cm³/mol. The highest BCUT2D eigenvalue weighted by molar-refractivity contribution is 5.90. The number of nitrogens with zero attached hydrogens (tertiary/aromatic N) is 5. The van der Waals surface area contributed by atoms with Crippen molar-refractivity contribution in [3.05, 3.63) is 30.2 Å². The molecule has 1 saturated carbocycles. The minimum atomic E-state index is -0.0820. The Hall–Kier alpha value is -2.74. The number of hydrogen-bond donors (Lipinski definition) is 2. The van der Waals surface area contributed by atoms with Crippen LogP contribution in [0.4, 0.5) is 5.82 Å². The van der Waals surface area contributed by atoms with Gasteiger partial charge in [-0.25, -0.2) is 19.6 Å². The molecule has 0 aromatic carbocycles. The van der Waals surface area contributed by atoms with Gasteiger partial charge < -0.3 is 15.6 Å². The van der Waals surface area contributed by atoms with E-state index in [4.69, 9.17) is 10.5 Å². The minimum absolute atomic E-state index is 0.0820. The summed E-state index contributed by atoms with van der Waals surface area (Å²) < 4.78 is 7.59. The Morgan fingerprint density at radius 3 is 2.95 bits per heavy atom. The number of hydrogen-bond acceptors (Lipinski definition) is 7. The Labute approximate surface area is 125 Å². The maximum atomic E-state index is 9.19. The zero-order valence-corrected chi connectivity index (χ0v) is 11.7. The highest BCUT2D eigenvalue weighted by atomic mass is 16.5. The Morgan fingerprint density at radius 1 is 1.32 bits per heavy atom. The van der Waals surface area contributed by atoms with E-state index in [0.29, 0.717) is 40.2 Å². The molecule has 0 atom stereocenters. The maximum absolute atomic E-state index is 9.19. The summed E-state index contributed by atoms with van der Waals surface area (Å²) >= 11 is 0. The van der Waals surface area contributed by atoms with Crippen LogP contribution < -0.4 is 10.5 Å². The molecule has 1 aliphatic rings. The first-order valence-electron chi connectivity index (χ1n) is 6.98. The van der Waals surface area contributed by atoms with Crippen molar-refractivity contribution < 1.29 is 9.84 Å². The molecule has 0 bridgehead atoms. The van der Waals surface area contributed by atoms with Gasteiger partial charge in [0.2, 0.25) is 5.88 Å². The first-order chi connectivity index (χ1) is 10.8. The number of aliphatic hydroxyl groups is 1. The summed E-state index contributed by atoms with van der Waals surface area (Å²) in [5.41, 5.74) is 7.33. The van der Waals surface area contributed by atoms with E-state index in [1.54, 1.807) is 18.3 Å². The van der Waals surface area contributed by atoms with Gasteiger partial charge in [0, 0.05) is 12.3 Å². The summed E-state index contributed by atoms with van der Waals surface area (Å²) in [5.74, 6) is 1.00. The van der Waals surface area contributed by atoms with Crippen LogP contribution in [-0.4, -0.2) is 29.8 Å². The Balaban J connectivity index is 1.80. The van der Waals surface area contributed by atoms with E-state index in [-0.39, 0.29) is 6.61 Å². The van der Waals surface area contributed by atoms with Gasteiger partial charge in [-0.1, -0.05) is 0 Å². The van der Waals surface area contributed by atoms with Crippen molar-refractivity contribution in [1.82, 2.24) is 24.7 Å². The predicted octanol–water partition coefficient (Wildman–Crippen LogP) is 1.42. The second-order valence-electron chi connectivity index (χ2n) is 5.20. The van der Waals surface area contributed by atoms with Crippen LogP contribution in [0, 0.1) is 0 Å². The third-order valence-electron chi connectivity index (χ3n) is 3.56. The fraction of sp³-hybridized carbons (Fsp3) is 0.286. The van der Waals surface area contributed by atoms with Gasteiger partial charge in [0.1, 0.15) is 17.5 Å². The normalized spacial score (nSPS) is 14.4. The smallest absolute Gasteiger partial charge is 0.253 e. The van der Waals surface area contributed by atoms with Gasteiger partial charge in [-0.15, -0.1) is 5.10 Å². The zero-order valence-electron chi connectivity index (χ0n) is 11.7. The van der Waals surface area contributed by atoms with Crippen LogP contribution in [0.5, 0.6) is 11.8 Å². The Bertz CT molecular complexity index is 842. The van der Waals surface area contributed by atoms with Crippen LogP contribution in [0.3, 0.4) is 0 Å². The van der Waals surface area contributed by atoms with E-state index in [2.05, 4.69) is 20.1 Å². The summed E-state index contributed by atoms with van der Waals surface area (Å²) in [5, 5.41) is 14.2. The molecule has 4 rings (SSSR count). The number of nitrogens with two attached hydrogens (primary N) is 1. The van der Waals surface area contributed by atoms with Crippen molar-refractivity contribution >= 4 is 16.9 Å². The first kappa shape index (κ1) is 13.0. The van der Waals surface area contributed by atoms with E-state index in [1.165, 1.54) is 6.33 Å². The van der Waals surface area contributed by atoms with Gasteiger partial charge in [-0.2, -0.15) is 0 Å². The van der Waals surface area contributed by atoms with Crippen LogP contribution in [0.25, 0.3) is 11.0 Å². The van der Waals surface area contributed by atoms with Crippen molar-refractivity contribution in [2.45, 2.75) is 25.5 Å². The fourth-order valence-electron chi connectivity index (χ4n) is 2.31. The van der Waals surface area contributed by atoms with Gasteiger partial charge in [0.05, 0.1) is 12.6 Å². The van der Waals surface area contributed by atoms with E-state index >= 15 is 0 Å². The second-order valence-corrected chi connectivity index (χ2v) is 5.20. The zero-order chi connectivity index (χ0) is 15.1. The molecule has 3 heterocycles. The van der Waals surface area contributed by atoms with Gasteiger partial charge in [-0.3, -0.25) is 0 Å². The molecule has 0 saturated heterocycles. The maximum Gasteiger partial charge on any atom is 0.253 e. The lowest BCUT2D eigenvalue weighted by atomic mass is 10.3. The van der Waals surface area contributed by atoms with Gasteiger partial charge in [-0.05, 0) is 24.5 Å². The molecular weight excluding hydrogens is 284 g/mol. The molecule has 112 valence electrons. The molecular formula is C14H14N6O2. The molecule has 0 spiro atoms. The molecule has 3 aromatic heterocycles. The number of nitrogen functional groups attached to an aromatic ring is 1. The largest absolute Gasteiger partial charge is 0.418 e. The molecule has 3 aromatic rings. The average Bonchev–Trinajstić information content (AvgIpc) is 3.31. The van der Waals surface area contributed by atoms with E-state index < -0.39 is 0 Å². The number of aliphatic hydroxyl groups excluding tert-OH is 1. The summed E-state index contributed by atoms with van der Waals surface area (Å²) in [4.78, 5) is 12.4. The quantitative estimate of drug-likeness (QED) is 0.749. The van der Waals surface area contributed by atoms with E-state index in [0.717, 1.165) is 12.8 Å². The van der Waals surface area contributed by atoms with Crippen molar-refractivity contribution in [3.63, 3.8) is 0 Å². The van der Waals surface area contributed by atoms with Crippen LogP contribution in [0.15, 0.2) is 24.7 Å². The lowest BCUT2D eigenvalue weighted by molar-refractivity contribution is 0.281. The van der Waals surface area contributed by atoms with Crippen molar-refractivity contribution in [2.24, 2.45) is 0 Å². The number of aromatic nitrogens is 5. The summed E-state index contributed by atoms with van der Waals surface area (Å²) in [6, 6.07) is 3.71. The number of ether oxygens (including phenoxy) is 1. The minimum Gasteiger partial charge on any atom is -0.418 e. The first-order valence-corrected chi connectivity index (χ1v) is 6.98. The second kappa shape index (κ2) is 4.92. The molecule has 22 heavy (non-hydrogen) atoms. The van der Waals surface area contributed by atoms with Crippen LogP contribution >= 0.6 is 0 Å². The van der Waals surface area contributed by atoms with Crippen LogP contribution in [-0.2, 0) is 6.61 Å². The third kappa shape index (κ3) is 2.13. The number of pyridine rings is 1. The lowest BCUT2D eigenvalue weighted by Gasteiger charge is -2.03. The molecule has 1 fully saturated rings. The fourth-order valence-corrected chi connectivity index (χ4v) is 2.31. The van der Waals surface area contributed by atoms with Crippen molar-refractivity contribution in [1.29, 1.82) is 0 Å². The molecule has 8 heteroatoms. The van der Waals surface area contributed by atoms with Crippen LogP contribution in [0.1, 0.15) is 24.4 Å². The Kier molecular flexibility index (Phi) is 2.90. The third-order valence-corrected chi connectivity index (χ3v) is 3.56. The van der Waals surface area contributed by atoms with Gasteiger partial charge in [0.25, 0.3) is 5.88 Å². The number of fused-ring (bicyclic) bond motifs is 1. The monoisotopic (exact) mass is 298 g/mol. The van der Waals surface area contributed by atoms with Crippen molar-refractivity contribution in [3.8, 4) is 11.8 Å². The summed E-state index contributed by atoms with van der Waals surface area (Å²) in [7, 11) is 0. The Morgan fingerprint density at radius 2 is 2.18 bits per heavy atom. The van der Waals surface area contributed by atoms with Crippen LogP contribution in [0.2, 0.25) is 0 Å². The van der Waals surface area contributed by atoms with Gasteiger partial charge in [0.15, 0.2) is 5.65 Å². The highest BCUT2D eigenvalue weighted by Crippen LogP contribution is 2.40. The molecule has 0 amide bonds. The molecule has 8 nitrogen and oxygen atoms in total. The van der Waals surface area contributed by atoms with Crippen molar-refractivity contribution in [2.75, 3.05) is 5.73 Å². The van der Waals surface area contributed by atoms with E-state index in [9.17, 15) is 5.11 Å². The standard InChI is InChI=1S/C14H14N6O2/c15-12-11-13(18-7-17-12)20(9-1-2-9)19-14(11)22-10-5-8(6-21)3-4-16-10/h3-5,7,9,21H,1-2,6H2,(H2,15,17,18). The van der Waals surface area contributed by atoms with E-state index in [1.807, 2.05) is 4.68 Å². The number of rotatable bonds is 4. The lowest BCUT2D eigenvalue weighted by Crippen LogP contribution is -1.98. The average molecular weight is 298 g/mol. The molecule has 0 unspecified atom stereocenters. The molecule has 1 aliphatic carbocycles. The molecule has 3 N–H and O–H groups in total. The SMILES string of the molecule is Nc1ncnc2c1c(Oc1cc(CO)ccn1)nn2C1CC1. The molecule has 0 radical (unpaired) electrons. The molecule has 0 aliphatic heterocycles. The summed E-state index contributed by atoms with van der Waals surface area (Å²) in [6.45, 7) is -0.0820. The van der Waals surface area contributed by atoms with Gasteiger partial charge >= 0.3 is 0 Å². The number of anilines is 1. The topological polar surface area (TPSA) is 112 Å². The highest BCUT2D eigenvalue weighted by Gasteiger charge is 2.29.